The van der Waals surface area contributed by atoms with Crippen LogP contribution in [0.3, 0.4) is 0 Å². The highest BCUT2D eigenvalue weighted by Gasteiger charge is 2.49. The Kier molecular flexibility index (Phi) is 4.38. The second kappa shape index (κ2) is 6.14. The van der Waals surface area contributed by atoms with Gasteiger partial charge >= 0.3 is 0 Å². The van der Waals surface area contributed by atoms with Gasteiger partial charge < -0.3 is 0 Å². The molecular formula is C20H28O2. The van der Waals surface area contributed by atoms with Crippen LogP contribution in [0.2, 0.25) is 0 Å². The summed E-state index contributed by atoms with van der Waals surface area (Å²) in [5.41, 5.74) is 5.21. The monoisotopic (exact) mass is 300 g/mol. The molecule has 22 heavy (non-hydrogen) atoms. The van der Waals surface area contributed by atoms with Crippen molar-refractivity contribution in [2.75, 3.05) is 0 Å². The lowest BCUT2D eigenvalue weighted by molar-refractivity contribution is -0.144. The smallest absolute Gasteiger partial charge is 0.147 e. The first-order chi connectivity index (χ1) is 10.6. The van der Waals surface area contributed by atoms with Crippen molar-refractivity contribution < 1.29 is 9.59 Å². The summed E-state index contributed by atoms with van der Waals surface area (Å²) in [5, 5.41) is 0. The van der Waals surface area contributed by atoms with Crippen LogP contribution >= 0.6 is 0 Å². The topological polar surface area (TPSA) is 34.1 Å². The van der Waals surface area contributed by atoms with Crippen molar-refractivity contribution in [3.63, 3.8) is 0 Å². The number of rotatable bonds is 4. The Morgan fingerprint density at radius 3 is 1.59 bits per heavy atom. The lowest BCUT2D eigenvalue weighted by Crippen LogP contribution is -2.43. The maximum Gasteiger partial charge on any atom is 0.147 e. The molecule has 0 aliphatic heterocycles. The molecule has 0 aromatic heterocycles. The predicted octanol–water partition coefficient (Wildman–Crippen LogP) is 5.08. The minimum absolute atomic E-state index is 0.230. The third kappa shape index (κ3) is 2.41. The highest BCUT2D eigenvalue weighted by molar-refractivity contribution is 6.09. The van der Waals surface area contributed by atoms with Crippen molar-refractivity contribution in [3.05, 3.63) is 22.3 Å². The molecule has 3 aliphatic rings. The molecule has 2 heteroatoms. The summed E-state index contributed by atoms with van der Waals surface area (Å²) < 4.78 is 0. The fourth-order valence-electron chi connectivity index (χ4n) is 4.68. The first-order valence-corrected chi connectivity index (χ1v) is 9.11. The average Bonchev–Trinajstić information content (AvgIpc) is 2.51. The molecule has 120 valence electrons. The first-order valence-electron chi connectivity index (χ1n) is 9.11. The molecule has 0 aromatic carbocycles. The number of hydrogen-bond acceptors (Lipinski definition) is 2. The molecule has 0 radical (unpaired) electrons. The van der Waals surface area contributed by atoms with E-state index in [0.717, 1.165) is 57.8 Å². The zero-order valence-corrected chi connectivity index (χ0v) is 14.1. The van der Waals surface area contributed by atoms with Crippen molar-refractivity contribution in [2.24, 2.45) is 5.41 Å². The molecule has 0 bridgehead atoms. The largest absolute Gasteiger partial charge is 0.299 e. The molecule has 0 amide bonds. The second-order valence-corrected chi connectivity index (χ2v) is 7.30. The van der Waals surface area contributed by atoms with E-state index >= 15 is 0 Å². The van der Waals surface area contributed by atoms with Gasteiger partial charge in [-0.3, -0.25) is 9.59 Å². The Hall–Kier alpha value is -1.18. The van der Waals surface area contributed by atoms with E-state index in [-0.39, 0.29) is 11.6 Å². The molecule has 0 unspecified atom stereocenters. The Bertz CT molecular complexity index is 512. The van der Waals surface area contributed by atoms with Gasteiger partial charge in [-0.1, -0.05) is 37.8 Å². The summed E-state index contributed by atoms with van der Waals surface area (Å²) in [5.74, 6) is 0.460. The molecule has 0 aromatic rings. The van der Waals surface area contributed by atoms with E-state index in [1.165, 1.54) is 22.3 Å². The Morgan fingerprint density at radius 2 is 1.23 bits per heavy atom. The standard InChI is InChI=1S/C20H28O2/c1-3-6-14-12-20(18(21)8-5-9-19(20)22)13-15(7-4-2)17-11-10-16(14)17/h3-13H2,1-2H3. The van der Waals surface area contributed by atoms with Crippen molar-refractivity contribution in [1.82, 2.24) is 0 Å². The number of fused-ring (bicyclic) bond motifs is 1. The molecule has 2 saturated carbocycles. The van der Waals surface area contributed by atoms with E-state index in [1.54, 1.807) is 0 Å². The van der Waals surface area contributed by atoms with E-state index in [2.05, 4.69) is 13.8 Å². The van der Waals surface area contributed by atoms with Crippen molar-refractivity contribution >= 4 is 11.6 Å². The Labute approximate surface area is 134 Å². The fraction of sp³-hybridized carbons (Fsp3) is 0.700. The molecule has 0 atom stereocenters. The van der Waals surface area contributed by atoms with Crippen LogP contribution in [0.4, 0.5) is 0 Å². The van der Waals surface area contributed by atoms with Gasteiger partial charge in [-0.05, 0) is 56.1 Å². The fourth-order valence-corrected chi connectivity index (χ4v) is 4.68. The quantitative estimate of drug-likeness (QED) is 0.679. The zero-order valence-electron chi connectivity index (χ0n) is 14.1. The van der Waals surface area contributed by atoms with Crippen molar-refractivity contribution in [1.29, 1.82) is 0 Å². The van der Waals surface area contributed by atoms with Crippen LogP contribution in [0.15, 0.2) is 22.3 Å². The molecule has 2 fully saturated rings. The van der Waals surface area contributed by atoms with E-state index in [4.69, 9.17) is 0 Å². The van der Waals surface area contributed by atoms with Gasteiger partial charge in [0, 0.05) is 12.8 Å². The van der Waals surface area contributed by atoms with Gasteiger partial charge in [-0.25, -0.2) is 0 Å². The van der Waals surface area contributed by atoms with Crippen LogP contribution in [0.5, 0.6) is 0 Å². The zero-order chi connectivity index (χ0) is 15.7. The minimum atomic E-state index is -0.690. The summed E-state index contributed by atoms with van der Waals surface area (Å²) >= 11 is 0. The second-order valence-electron chi connectivity index (χ2n) is 7.30. The van der Waals surface area contributed by atoms with E-state index in [0.29, 0.717) is 12.8 Å². The first kappa shape index (κ1) is 15.7. The Balaban J connectivity index is 2.07. The summed E-state index contributed by atoms with van der Waals surface area (Å²) in [6.07, 6.45) is 10.1. The minimum Gasteiger partial charge on any atom is -0.299 e. The SMILES string of the molecule is CCCC1=C2CCC2=C(CCC)CC2(C1)C(=O)CCCC2=O. The van der Waals surface area contributed by atoms with Crippen LogP contribution in [-0.2, 0) is 9.59 Å². The van der Waals surface area contributed by atoms with E-state index < -0.39 is 5.41 Å². The average molecular weight is 300 g/mol. The Morgan fingerprint density at radius 1 is 0.773 bits per heavy atom. The lowest BCUT2D eigenvalue weighted by Gasteiger charge is -2.35. The predicted molar refractivity (Wildman–Crippen MR) is 88.6 cm³/mol. The number of hydrogen-bond donors (Lipinski definition) is 0. The molecule has 2 nitrogen and oxygen atoms in total. The number of carbonyl (C=O) groups excluding carboxylic acids is 2. The van der Waals surface area contributed by atoms with E-state index in [9.17, 15) is 9.59 Å². The summed E-state index contributed by atoms with van der Waals surface area (Å²) in [4.78, 5) is 25.6. The van der Waals surface area contributed by atoms with Crippen LogP contribution in [0, 0.1) is 5.41 Å². The van der Waals surface area contributed by atoms with Gasteiger partial charge in [-0.2, -0.15) is 0 Å². The lowest BCUT2D eigenvalue weighted by atomic mass is 9.65. The molecule has 0 saturated heterocycles. The summed E-state index contributed by atoms with van der Waals surface area (Å²) in [6, 6.07) is 0. The number of Topliss-reactive ketones (excluding diaryl/α,β-unsaturated/α-hetero) is 2. The molecular weight excluding hydrogens is 272 g/mol. The third-order valence-electron chi connectivity index (χ3n) is 5.85. The molecule has 0 N–H and O–H groups in total. The molecule has 1 spiro atoms. The normalized spacial score (nSPS) is 24.5. The van der Waals surface area contributed by atoms with Crippen LogP contribution in [0.25, 0.3) is 0 Å². The van der Waals surface area contributed by atoms with Gasteiger partial charge in [0.1, 0.15) is 11.6 Å². The third-order valence-corrected chi connectivity index (χ3v) is 5.85. The van der Waals surface area contributed by atoms with Crippen molar-refractivity contribution in [2.45, 2.75) is 84.5 Å². The number of carbonyl (C=O) groups is 2. The highest BCUT2D eigenvalue weighted by Crippen LogP contribution is 2.52. The maximum atomic E-state index is 12.8. The maximum absolute atomic E-state index is 12.8. The van der Waals surface area contributed by atoms with Gasteiger partial charge in [0.05, 0.1) is 5.41 Å². The van der Waals surface area contributed by atoms with E-state index in [1.807, 2.05) is 0 Å². The van der Waals surface area contributed by atoms with Crippen LogP contribution in [0.1, 0.15) is 84.5 Å². The molecule has 3 rings (SSSR count). The molecule has 3 aliphatic carbocycles. The van der Waals surface area contributed by atoms with Gasteiger partial charge in [0.15, 0.2) is 0 Å². The van der Waals surface area contributed by atoms with Gasteiger partial charge in [-0.15, -0.1) is 0 Å². The van der Waals surface area contributed by atoms with Gasteiger partial charge in [0.2, 0.25) is 0 Å². The van der Waals surface area contributed by atoms with Crippen molar-refractivity contribution in [3.8, 4) is 0 Å². The summed E-state index contributed by atoms with van der Waals surface area (Å²) in [7, 11) is 0. The number of allylic oxidation sites excluding steroid dienone is 4. The number of ketones is 2. The molecule has 0 heterocycles. The van der Waals surface area contributed by atoms with Gasteiger partial charge in [0.25, 0.3) is 0 Å². The van der Waals surface area contributed by atoms with Crippen LogP contribution < -0.4 is 0 Å². The summed E-state index contributed by atoms with van der Waals surface area (Å²) in [6.45, 7) is 4.40. The van der Waals surface area contributed by atoms with Crippen LogP contribution in [-0.4, -0.2) is 11.6 Å². The highest BCUT2D eigenvalue weighted by atomic mass is 16.2.